The summed E-state index contributed by atoms with van der Waals surface area (Å²) in [4.78, 5) is 23.2. The van der Waals surface area contributed by atoms with Gasteiger partial charge in [-0.25, -0.2) is 0 Å². The first-order chi connectivity index (χ1) is 13.1. The molecule has 0 aliphatic carbocycles. The molecule has 0 saturated heterocycles. The molecule has 0 heterocycles. The minimum absolute atomic E-state index is 0.0202. The monoisotopic (exact) mass is 458 g/mol. The first kappa shape index (κ1) is 22.2. The predicted molar refractivity (Wildman–Crippen MR) is 112 cm³/mol. The van der Waals surface area contributed by atoms with Gasteiger partial charge in [-0.1, -0.05) is 77.3 Å². The van der Waals surface area contributed by atoms with Crippen LogP contribution in [-0.2, 0) is 11.2 Å². The van der Waals surface area contributed by atoms with Crippen molar-refractivity contribution in [3.63, 3.8) is 0 Å². The summed E-state index contributed by atoms with van der Waals surface area (Å²) in [6, 6.07) is 14.9. The van der Waals surface area contributed by atoms with Gasteiger partial charge in [0.25, 0.3) is 0 Å². The normalized spacial score (nSPS) is 12.0. The number of hydrogen-bond donors (Lipinski definition) is 3. The molecule has 2 aromatic rings. The Morgan fingerprint density at radius 3 is 2.32 bits per heavy atom. The fourth-order valence-electron chi connectivity index (χ4n) is 2.22. The number of nitrogens with one attached hydrogen (secondary N) is 3. The van der Waals surface area contributed by atoms with E-state index in [4.69, 9.17) is 47.0 Å². The highest BCUT2D eigenvalue weighted by atomic mass is 35.6. The average Bonchev–Trinajstić information content (AvgIpc) is 2.61. The van der Waals surface area contributed by atoms with E-state index in [9.17, 15) is 14.7 Å². The summed E-state index contributed by atoms with van der Waals surface area (Å²) in [6.07, 6.45) is -1.04. The summed E-state index contributed by atoms with van der Waals surface area (Å²) in [5.74, 6) is -1.70. The molecule has 0 radical (unpaired) electrons. The van der Waals surface area contributed by atoms with Crippen LogP contribution in [0.2, 0.25) is 0 Å². The molecule has 0 aliphatic rings. The third kappa shape index (κ3) is 7.16. The van der Waals surface area contributed by atoms with Gasteiger partial charge in [0.15, 0.2) is 5.11 Å². The van der Waals surface area contributed by atoms with Crippen molar-refractivity contribution < 1.29 is 14.7 Å². The summed E-state index contributed by atoms with van der Waals surface area (Å²) < 4.78 is -1.90. The van der Waals surface area contributed by atoms with Crippen molar-refractivity contribution >= 4 is 69.7 Å². The zero-order valence-electron chi connectivity index (χ0n) is 14.2. The predicted octanol–water partition coefficient (Wildman–Crippen LogP) is 2.39. The Bertz CT molecular complexity index is 860. The van der Waals surface area contributed by atoms with Crippen LogP contribution in [-0.4, -0.2) is 26.9 Å². The van der Waals surface area contributed by atoms with E-state index in [1.165, 1.54) is 18.2 Å². The minimum Gasteiger partial charge on any atom is -0.545 e. The van der Waals surface area contributed by atoms with Crippen molar-refractivity contribution in [2.75, 3.05) is 5.32 Å². The zero-order valence-corrected chi connectivity index (χ0v) is 17.3. The Balaban J connectivity index is 2.01. The third-order valence-electron chi connectivity index (χ3n) is 3.47. The van der Waals surface area contributed by atoms with E-state index < -0.39 is 15.9 Å². The van der Waals surface area contributed by atoms with E-state index in [0.717, 1.165) is 5.56 Å². The quantitative estimate of drug-likeness (QED) is 0.349. The number of benzene rings is 2. The summed E-state index contributed by atoms with van der Waals surface area (Å²) in [5.41, 5.74) is 1.16. The molecule has 1 amide bonds. The van der Waals surface area contributed by atoms with Gasteiger partial charge >= 0.3 is 0 Å². The lowest BCUT2D eigenvalue weighted by molar-refractivity contribution is -0.255. The van der Waals surface area contributed by atoms with E-state index in [1.54, 1.807) is 18.2 Å². The van der Waals surface area contributed by atoms with Gasteiger partial charge in [-0.15, -0.1) is 0 Å². The van der Waals surface area contributed by atoms with Gasteiger partial charge in [0, 0.05) is 5.69 Å². The maximum absolute atomic E-state index is 12.3. The highest BCUT2D eigenvalue weighted by Gasteiger charge is 2.34. The van der Waals surface area contributed by atoms with Crippen molar-refractivity contribution in [1.82, 2.24) is 10.6 Å². The second-order valence-corrected chi connectivity index (χ2v) is 8.45. The molecule has 0 fully saturated rings. The molecule has 2 aromatic carbocycles. The Morgan fingerprint density at radius 2 is 1.71 bits per heavy atom. The van der Waals surface area contributed by atoms with E-state index in [2.05, 4.69) is 16.0 Å². The molecule has 0 bridgehead atoms. The molecule has 10 heteroatoms. The molecule has 3 N–H and O–H groups in total. The molecule has 0 aliphatic heterocycles. The SMILES string of the molecule is O=C(Cc1ccccc1)N[C@@H](NC(=S)Nc1cccc(C(=O)[O-])c1)C(Cl)(Cl)Cl. The Morgan fingerprint density at radius 1 is 1.04 bits per heavy atom. The van der Waals surface area contributed by atoms with E-state index in [1.807, 2.05) is 18.2 Å². The van der Waals surface area contributed by atoms with Crippen LogP contribution in [0.3, 0.4) is 0 Å². The summed E-state index contributed by atoms with van der Waals surface area (Å²) in [6.45, 7) is 0. The van der Waals surface area contributed by atoms with Crippen molar-refractivity contribution in [1.29, 1.82) is 0 Å². The lowest BCUT2D eigenvalue weighted by Crippen LogP contribution is -2.56. The van der Waals surface area contributed by atoms with Gasteiger partial charge in [-0.05, 0) is 35.5 Å². The molecule has 28 heavy (non-hydrogen) atoms. The number of alkyl halides is 3. The van der Waals surface area contributed by atoms with Crippen LogP contribution in [0.25, 0.3) is 0 Å². The number of amides is 1. The molecular weight excluding hydrogens is 445 g/mol. The number of carboxylic acid groups (broad SMARTS) is 1. The third-order valence-corrected chi connectivity index (χ3v) is 4.35. The van der Waals surface area contributed by atoms with E-state index >= 15 is 0 Å². The molecule has 148 valence electrons. The standard InChI is InChI=1S/C18H16Cl3N3O3S/c19-18(20,21)16(23-14(25)9-11-5-2-1-3-6-11)24-17(28)22-13-8-4-7-12(10-13)15(26)27/h1-8,10,16H,9H2,(H,23,25)(H,26,27)(H2,22,24,28)/p-1/t16-/m0/s1. The van der Waals surface area contributed by atoms with Crippen LogP contribution in [0.4, 0.5) is 5.69 Å². The average molecular weight is 460 g/mol. The molecule has 1 atom stereocenters. The van der Waals surface area contributed by atoms with Gasteiger partial charge in [0.2, 0.25) is 9.70 Å². The van der Waals surface area contributed by atoms with Crippen LogP contribution in [0.5, 0.6) is 0 Å². The second kappa shape index (κ2) is 9.93. The molecule has 0 saturated carbocycles. The van der Waals surface area contributed by atoms with Gasteiger partial charge in [0.1, 0.15) is 6.17 Å². The maximum atomic E-state index is 12.3. The van der Waals surface area contributed by atoms with E-state index in [0.29, 0.717) is 5.69 Å². The Kier molecular flexibility index (Phi) is 7.88. The van der Waals surface area contributed by atoms with Crippen LogP contribution >= 0.6 is 47.0 Å². The number of carboxylic acids is 1. The summed E-state index contributed by atoms with van der Waals surface area (Å²) in [7, 11) is 0. The fraction of sp³-hybridized carbons (Fsp3) is 0.167. The molecule has 0 aromatic heterocycles. The Hall–Kier alpha value is -2.06. The highest BCUT2D eigenvalue weighted by Crippen LogP contribution is 2.29. The largest absolute Gasteiger partial charge is 0.545 e. The van der Waals surface area contributed by atoms with Crippen LogP contribution in [0.15, 0.2) is 54.6 Å². The first-order valence-corrected chi connectivity index (χ1v) is 9.48. The lowest BCUT2D eigenvalue weighted by atomic mass is 10.1. The number of carbonyl (C=O) groups excluding carboxylic acids is 2. The maximum Gasteiger partial charge on any atom is 0.228 e. The van der Waals surface area contributed by atoms with Crippen LogP contribution < -0.4 is 21.1 Å². The van der Waals surface area contributed by atoms with Crippen molar-refractivity contribution in [2.24, 2.45) is 0 Å². The van der Waals surface area contributed by atoms with E-state index in [-0.39, 0.29) is 23.0 Å². The number of thiocarbonyl (C=S) groups is 1. The number of anilines is 1. The van der Waals surface area contributed by atoms with Crippen LogP contribution in [0.1, 0.15) is 15.9 Å². The smallest absolute Gasteiger partial charge is 0.228 e. The molecule has 2 rings (SSSR count). The van der Waals surface area contributed by atoms with Gasteiger partial charge in [-0.2, -0.15) is 0 Å². The molecule has 0 unspecified atom stereocenters. The summed E-state index contributed by atoms with van der Waals surface area (Å²) >= 11 is 23.0. The lowest BCUT2D eigenvalue weighted by Gasteiger charge is -2.28. The number of rotatable bonds is 6. The van der Waals surface area contributed by atoms with Crippen molar-refractivity contribution in [3.8, 4) is 0 Å². The van der Waals surface area contributed by atoms with Gasteiger partial charge < -0.3 is 25.9 Å². The van der Waals surface area contributed by atoms with Crippen molar-refractivity contribution in [3.05, 3.63) is 65.7 Å². The number of carbonyl (C=O) groups is 2. The minimum atomic E-state index is -1.90. The summed E-state index contributed by atoms with van der Waals surface area (Å²) in [5, 5.41) is 19.0. The second-order valence-electron chi connectivity index (χ2n) is 5.67. The fourth-order valence-corrected chi connectivity index (χ4v) is 2.78. The first-order valence-electron chi connectivity index (χ1n) is 7.94. The van der Waals surface area contributed by atoms with Gasteiger partial charge in [0.05, 0.1) is 12.4 Å². The number of aromatic carboxylic acids is 1. The number of hydrogen-bond acceptors (Lipinski definition) is 4. The van der Waals surface area contributed by atoms with Crippen LogP contribution in [0, 0.1) is 0 Å². The topological polar surface area (TPSA) is 93.3 Å². The Labute approximate surface area is 182 Å². The highest BCUT2D eigenvalue weighted by molar-refractivity contribution is 7.80. The molecule has 6 nitrogen and oxygen atoms in total. The van der Waals surface area contributed by atoms with Crippen molar-refractivity contribution in [2.45, 2.75) is 16.4 Å². The van der Waals surface area contributed by atoms with Gasteiger partial charge in [-0.3, -0.25) is 4.79 Å². The zero-order chi connectivity index (χ0) is 20.7. The molecule has 0 spiro atoms. The number of halogens is 3. The molecular formula is C18H15Cl3N3O3S-.